The topological polar surface area (TPSA) is 86.7 Å². The van der Waals surface area contributed by atoms with Gasteiger partial charge in [-0.1, -0.05) is 13.8 Å². The summed E-state index contributed by atoms with van der Waals surface area (Å²) >= 11 is 1.41. The minimum Gasteiger partial charge on any atom is -0.480 e. The van der Waals surface area contributed by atoms with E-state index in [-0.39, 0.29) is 24.3 Å². The van der Waals surface area contributed by atoms with E-state index in [2.05, 4.69) is 5.32 Å². The highest BCUT2D eigenvalue weighted by Crippen LogP contribution is 2.29. The molecule has 1 fully saturated rings. The zero-order valence-electron chi connectivity index (χ0n) is 12.3. The average Bonchev–Trinajstić information content (AvgIpc) is 2.30. The number of carbonyl (C=O) groups is 3. The fourth-order valence-electron chi connectivity index (χ4n) is 1.92. The normalized spacial score (nSPS) is 21.4. The van der Waals surface area contributed by atoms with Crippen molar-refractivity contribution in [3.8, 4) is 0 Å². The van der Waals surface area contributed by atoms with Crippen LogP contribution in [0, 0.1) is 5.92 Å². The largest absolute Gasteiger partial charge is 0.480 e. The van der Waals surface area contributed by atoms with Gasteiger partial charge in [0.1, 0.15) is 12.6 Å². The van der Waals surface area contributed by atoms with Crippen molar-refractivity contribution >= 4 is 29.5 Å². The summed E-state index contributed by atoms with van der Waals surface area (Å²) in [7, 11) is 0. The Morgan fingerprint density at radius 3 is 2.55 bits per heavy atom. The molecular formula is C13H22N2O4S. The van der Waals surface area contributed by atoms with E-state index in [9.17, 15) is 14.4 Å². The van der Waals surface area contributed by atoms with Crippen LogP contribution in [-0.2, 0) is 14.4 Å². The van der Waals surface area contributed by atoms with Gasteiger partial charge in [0.15, 0.2) is 0 Å². The van der Waals surface area contributed by atoms with Gasteiger partial charge < -0.3 is 15.3 Å². The van der Waals surface area contributed by atoms with Gasteiger partial charge in [-0.2, -0.15) is 0 Å². The molecule has 1 unspecified atom stereocenters. The lowest BCUT2D eigenvalue weighted by molar-refractivity contribution is -0.146. The van der Waals surface area contributed by atoms with Crippen LogP contribution < -0.4 is 5.32 Å². The minimum atomic E-state index is -1.05. The number of hydrogen-bond acceptors (Lipinski definition) is 4. The first-order valence-electron chi connectivity index (χ1n) is 6.59. The number of aliphatic carboxylic acids is 1. The van der Waals surface area contributed by atoms with Crippen molar-refractivity contribution in [1.29, 1.82) is 0 Å². The number of thioether (sulfide) groups is 1. The first-order chi connectivity index (χ1) is 9.13. The Hall–Kier alpha value is -1.24. The molecule has 0 bridgehead atoms. The molecule has 1 rings (SSSR count). The van der Waals surface area contributed by atoms with E-state index in [1.807, 2.05) is 13.8 Å². The quantitative estimate of drug-likeness (QED) is 0.775. The van der Waals surface area contributed by atoms with Crippen molar-refractivity contribution < 1.29 is 19.5 Å². The summed E-state index contributed by atoms with van der Waals surface area (Å²) in [6.45, 7) is 7.47. The summed E-state index contributed by atoms with van der Waals surface area (Å²) in [5, 5.41) is 11.6. The Bertz CT molecular complexity index is 409. The van der Waals surface area contributed by atoms with E-state index in [0.717, 1.165) is 0 Å². The number of carbonyl (C=O) groups excluding carboxylic acids is 2. The summed E-state index contributed by atoms with van der Waals surface area (Å²) in [5.74, 6) is -0.925. The van der Waals surface area contributed by atoms with Gasteiger partial charge >= 0.3 is 5.97 Å². The Morgan fingerprint density at radius 2 is 2.10 bits per heavy atom. The molecule has 1 saturated heterocycles. The number of nitrogens with zero attached hydrogens (tertiary/aromatic N) is 1. The van der Waals surface area contributed by atoms with Crippen LogP contribution in [0.5, 0.6) is 0 Å². The maximum Gasteiger partial charge on any atom is 0.323 e. The molecule has 1 aliphatic heterocycles. The highest BCUT2D eigenvalue weighted by Gasteiger charge is 2.39. The van der Waals surface area contributed by atoms with Crippen molar-refractivity contribution in [1.82, 2.24) is 10.2 Å². The maximum absolute atomic E-state index is 12.4. The molecule has 20 heavy (non-hydrogen) atoms. The lowest BCUT2D eigenvalue weighted by atomic mass is 10.1. The van der Waals surface area contributed by atoms with Crippen LogP contribution in [0.4, 0.5) is 0 Å². The molecule has 1 heterocycles. The molecule has 0 aliphatic carbocycles. The van der Waals surface area contributed by atoms with E-state index < -0.39 is 16.8 Å². The third-order valence-electron chi connectivity index (χ3n) is 2.98. The van der Waals surface area contributed by atoms with Gasteiger partial charge in [0.25, 0.3) is 0 Å². The molecule has 6 nitrogen and oxygen atoms in total. The van der Waals surface area contributed by atoms with Gasteiger partial charge in [-0.05, 0) is 19.8 Å². The van der Waals surface area contributed by atoms with Crippen molar-refractivity contribution in [3.05, 3.63) is 0 Å². The number of amides is 2. The minimum absolute atomic E-state index is 0.168. The highest BCUT2D eigenvalue weighted by molar-refractivity contribution is 8.01. The van der Waals surface area contributed by atoms with Crippen molar-refractivity contribution in [2.75, 3.05) is 18.8 Å². The van der Waals surface area contributed by atoms with Crippen LogP contribution in [0.3, 0.4) is 0 Å². The predicted octanol–water partition coefficient (Wildman–Crippen LogP) is 0.566. The third-order valence-corrected chi connectivity index (χ3v) is 4.39. The van der Waals surface area contributed by atoms with Crippen LogP contribution in [0.2, 0.25) is 0 Å². The third kappa shape index (κ3) is 4.40. The Balaban J connectivity index is 2.75. The van der Waals surface area contributed by atoms with Crippen LogP contribution in [0.15, 0.2) is 0 Å². The Labute approximate surface area is 123 Å². The molecular weight excluding hydrogens is 280 g/mol. The number of rotatable bonds is 5. The van der Waals surface area contributed by atoms with Gasteiger partial charge in [-0.25, -0.2) is 0 Å². The van der Waals surface area contributed by atoms with Gasteiger partial charge in [0.05, 0.1) is 4.75 Å². The lowest BCUT2D eigenvalue weighted by Crippen LogP contribution is -2.58. The number of carboxylic acids is 1. The second-order valence-corrected chi connectivity index (χ2v) is 7.50. The fourth-order valence-corrected chi connectivity index (χ4v) is 2.92. The van der Waals surface area contributed by atoms with Gasteiger partial charge in [0, 0.05) is 12.3 Å². The van der Waals surface area contributed by atoms with Crippen LogP contribution in [0.1, 0.15) is 27.7 Å². The molecule has 2 N–H and O–H groups in total. The molecule has 1 aliphatic rings. The second-order valence-electron chi connectivity index (χ2n) is 5.85. The van der Waals surface area contributed by atoms with Crippen molar-refractivity contribution in [2.24, 2.45) is 5.92 Å². The smallest absolute Gasteiger partial charge is 0.323 e. The first kappa shape index (κ1) is 16.8. The van der Waals surface area contributed by atoms with Gasteiger partial charge in [-0.3, -0.25) is 14.4 Å². The fraction of sp³-hybridized carbons (Fsp3) is 0.769. The standard InChI is InChI=1S/C13H22N2O4S/c1-8(2)5-15(6-10(16)17)11(18)9-7-20-13(3,4)12(19)14-9/h8-9H,5-7H2,1-4H3,(H,14,19)(H,16,17). The maximum atomic E-state index is 12.4. The average molecular weight is 302 g/mol. The van der Waals surface area contributed by atoms with Gasteiger partial charge in [-0.15, -0.1) is 11.8 Å². The lowest BCUT2D eigenvalue weighted by Gasteiger charge is -2.35. The van der Waals surface area contributed by atoms with E-state index in [4.69, 9.17) is 5.11 Å². The molecule has 0 radical (unpaired) electrons. The number of carboxylic acid groups (broad SMARTS) is 1. The molecule has 0 spiro atoms. The number of hydrogen-bond donors (Lipinski definition) is 2. The van der Waals surface area contributed by atoms with Crippen molar-refractivity contribution in [3.63, 3.8) is 0 Å². The number of nitrogens with one attached hydrogen (secondary N) is 1. The molecule has 2 amide bonds. The molecule has 0 aromatic rings. The van der Waals surface area contributed by atoms with Crippen LogP contribution in [-0.4, -0.2) is 57.4 Å². The predicted molar refractivity (Wildman–Crippen MR) is 77.5 cm³/mol. The van der Waals surface area contributed by atoms with E-state index >= 15 is 0 Å². The molecule has 0 aromatic carbocycles. The molecule has 7 heteroatoms. The second kappa shape index (κ2) is 6.47. The SMILES string of the molecule is CC(C)CN(CC(=O)O)C(=O)C1CSC(C)(C)C(=O)N1. The van der Waals surface area contributed by atoms with Crippen LogP contribution in [0.25, 0.3) is 0 Å². The van der Waals surface area contributed by atoms with Gasteiger partial charge in [0.2, 0.25) is 11.8 Å². The Kier molecular flexibility index (Phi) is 5.44. The van der Waals surface area contributed by atoms with E-state index in [1.165, 1.54) is 16.7 Å². The first-order valence-corrected chi connectivity index (χ1v) is 7.57. The summed E-state index contributed by atoms with van der Waals surface area (Å²) in [6, 6.07) is -0.640. The zero-order chi connectivity index (χ0) is 15.5. The summed E-state index contributed by atoms with van der Waals surface area (Å²) < 4.78 is -0.549. The zero-order valence-corrected chi connectivity index (χ0v) is 13.1. The molecule has 114 valence electrons. The highest BCUT2D eigenvalue weighted by atomic mass is 32.2. The van der Waals surface area contributed by atoms with Crippen molar-refractivity contribution in [2.45, 2.75) is 38.5 Å². The Morgan fingerprint density at radius 1 is 1.50 bits per heavy atom. The van der Waals surface area contributed by atoms with E-state index in [0.29, 0.717) is 12.3 Å². The van der Waals surface area contributed by atoms with Crippen LogP contribution >= 0.6 is 11.8 Å². The molecule has 0 aromatic heterocycles. The van der Waals surface area contributed by atoms with E-state index in [1.54, 1.807) is 13.8 Å². The summed E-state index contributed by atoms with van der Waals surface area (Å²) in [5.41, 5.74) is 0. The molecule has 1 atom stereocenters. The molecule has 0 saturated carbocycles. The monoisotopic (exact) mass is 302 g/mol. The summed E-state index contributed by atoms with van der Waals surface area (Å²) in [6.07, 6.45) is 0. The summed E-state index contributed by atoms with van der Waals surface area (Å²) in [4.78, 5) is 36.4.